The SMILES string of the molecule is COc1ccc(C2/C(=C(\O)c3cc(C)ccc3OC)C(=O)C(=O)N2Cc2cccnc2)cc1. The predicted molar refractivity (Wildman–Crippen MR) is 123 cm³/mol. The van der Waals surface area contributed by atoms with E-state index in [-0.39, 0.29) is 17.9 Å². The Morgan fingerprint density at radius 2 is 1.82 bits per heavy atom. The maximum atomic E-state index is 13.2. The van der Waals surface area contributed by atoms with Gasteiger partial charge in [0.05, 0.1) is 31.4 Å². The van der Waals surface area contributed by atoms with E-state index in [1.807, 2.05) is 19.1 Å². The standard InChI is InChI=1S/C26H24N2O5/c1-16-6-11-21(33-3)20(13-16)24(29)22-23(18-7-9-19(32-2)10-8-18)28(26(31)25(22)30)15-17-5-4-12-27-14-17/h4-14,23,29H,15H2,1-3H3/b24-22+. The van der Waals surface area contributed by atoms with E-state index in [9.17, 15) is 14.7 Å². The van der Waals surface area contributed by atoms with Crippen molar-refractivity contribution in [2.75, 3.05) is 14.2 Å². The van der Waals surface area contributed by atoms with Crippen molar-refractivity contribution < 1.29 is 24.2 Å². The molecule has 168 valence electrons. The van der Waals surface area contributed by atoms with E-state index in [0.29, 0.717) is 22.6 Å². The van der Waals surface area contributed by atoms with Gasteiger partial charge in [-0.2, -0.15) is 0 Å². The molecule has 1 amide bonds. The fourth-order valence-electron chi connectivity index (χ4n) is 4.02. The number of aryl methyl sites for hydroxylation is 1. The van der Waals surface area contributed by atoms with Gasteiger partial charge in [-0.3, -0.25) is 14.6 Å². The second-order valence-electron chi connectivity index (χ2n) is 7.77. The van der Waals surface area contributed by atoms with Gasteiger partial charge in [-0.15, -0.1) is 0 Å². The van der Waals surface area contributed by atoms with Crippen molar-refractivity contribution in [2.24, 2.45) is 0 Å². The average Bonchev–Trinajstić information content (AvgIpc) is 3.09. The molecule has 1 N–H and O–H groups in total. The molecule has 2 aromatic carbocycles. The lowest BCUT2D eigenvalue weighted by atomic mass is 9.94. The molecule has 1 saturated heterocycles. The number of methoxy groups -OCH3 is 2. The first-order valence-electron chi connectivity index (χ1n) is 10.4. The average molecular weight is 444 g/mol. The summed E-state index contributed by atoms with van der Waals surface area (Å²) >= 11 is 0. The second kappa shape index (κ2) is 9.16. The summed E-state index contributed by atoms with van der Waals surface area (Å²) in [6.45, 7) is 2.04. The highest BCUT2D eigenvalue weighted by molar-refractivity contribution is 6.46. The zero-order valence-corrected chi connectivity index (χ0v) is 18.6. The first-order chi connectivity index (χ1) is 15.9. The molecule has 0 spiro atoms. The number of Topliss-reactive ketones (excluding diaryl/α,β-unsaturated/α-hetero) is 1. The third-order valence-corrected chi connectivity index (χ3v) is 5.66. The third kappa shape index (κ3) is 4.17. The Morgan fingerprint density at radius 3 is 2.45 bits per heavy atom. The minimum atomic E-state index is -0.790. The fourth-order valence-corrected chi connectivity index (χ4v) is 4.02. The Labute approximate surface area is 191 Å². The van der Waals surface area contributed by atoms with Gasteiger partial charge in [-0.1, -0.05) is 29.8 Å². The number of amides is 1. The zero-order valence-electron chi connectivity index (χ0n) is 18.6. The number of likely N-dealkylation sites (tertiary alicyclic amines) is 1. The Bertz CT molecular complexity index is 1220. The highest BCUT2D eigenvalue weighted by Crippen LogP contribution is 2.42. The summed E-state index contributed by atoms with van der Waals surface area (Å²) in [4.78, 5) is 31.9. The molecule has 1 unspecified atom stereocenters. The van der Waals surface area contributed by atoms with Gasteiger partial charge in [0.25, 0.3) is 11.7 Å². The number of aliphatic hydroxyl groups is 1. The van der Waals surface area contributed by atoms with Gasteiger partial charge in [-0.25, -0.2) is 0 Å². The van der Waals surface area contributed by atoms with Gasteiger partial charge in [0, 0.05) is 18.9 Å². The van der Waals surface area contributed by atoms with Gasteiger partial charge >= 0.3 is 0 Å². The van der Waals surface area contributed by atoms with Crippen molar-refractivity contribution in [3.63, 3.8) is 0 Å². The number of aromatic nitrogens is 1. The summed E-state index contributed by atoms with van der Waals surface area (Å²) in [5, 5.41) is 11.3. The molecule has 33 heavy (non-hydrogen) atoms. The largest absolute Gasteiger partial charge is 0.507 e. The second-order valence-corrected chi connectivity index (χ2v) is 7.77. The topological polar surface area (TPSA) is 89.0 Å². The van der Waals surface area contributed by atoms with Crippen LogP contribution in [0.15, 0.2) is 72.6 Å². The van der Waals surface area contributed by atoms with Crippen LogP contribution in [0.3, 0.4) is 0 Å². The van der Waals surface area contributed by atoms with Crippen LogP contribution in [0.1, 0.15) is 28.3 Å². The molecule has 1 aliphatic rings. The summed E-state index contributed by atoms with van der Waals surface area (Å²) < 4.78 is 10.7. The molecule has 1 fully saturated rings. The quantitative estimate of drug-likeness (QED) is 0.351. The smallest absolute Gasteiger partial charge is 0.295 e. The van der Waals surface area contributed by atoms with E-state index >= 15 is 0 Å². The van der Waals surface area contributed by atoms with E-state index in [0.717, 1.165) is 11.1 Å². The van der Waals surface area contributed by atoms with E-state index in [1.54, 1.807) is 62.0 Å². The predicted octanol–water partition coefficient (Wildman–Crippen LogP) is 4.03. The van der Waals surface area contributed by atoms with E-state index < -0.39 is 17.7 Å². The molecular weight excluding hydrogens is 420 g/mol. The maximum absolute atomic E-state index is 13.2. The van der Waals surface area contributed by atoms with Crippen molar-refractivity contribution in [3.8, 4) is 11.5 Å². The number of benzene rings is 2. The number of rotatable bonds is 6. The van der Waals surface area contributed by atoms with Crippen LogP contribution in [0.2, 0.25) is 0 Å². The molecule has 0 aliphatic carbocycles. The van der Waals surface area contributed by atoms with Gasteiger partial charge in [-0.05, 0) is 48.4 Å². The van der Waals surface area contributed by atoms with Gasteiger partial charge in [0.15, 0.2) is 0 Å². The Hall–Kier alpha value is -4.13. The number of carbonyl (C=O) groups excluding carboxylic acids is 2. The Morgan fingerprint density at radius 1 is 1.06 bits per heavy atom. The summed E-state index contributed by atoms with van der Waals surface area (Å²) in [7, 11) is 3.05. The summed E-state index contributed by atoms with van der Waals surface area (Å²) in [5.41, 5.74) is 2.69. The normalized spacial score (nSPS) is 17.3. The minimum absolute atomic E-state index is 0.0120. The molecular formula is C26H24N2O5. The Kier molecular flexibility index (Phi) is 6.13. The van der Waals surface area contributed by atoms with Crippen molar-refractivity contribution in [1.29, 1.82) is 0 Å². The number of ketones is 1. The molecule has 7 nitrogen and oxygen atoms in total. The van der Waals surface area contributed by atoms with Crippen LogP contribution in [0.25, 0.3) is 5.76 Å². The fraction of sp³-hybridized carbons (Fsp3) is 0.192. The number of nitrogens with zero attached hydrogens (tertiary/aromatic N) is 2. The molecule has 4 rings (SSSR count). The zero-order chi connectivity index (χ0) is 23.5. The molecule has 0 bridgehead atoms. The minimum Gasteiger partial charge on any atom is -0.507 e. The third-order valence-electron chi connectivity index (χ3n) is 5.66. The maximum Gasteiger partial charge on any atom is 0.295 e. The number of hydrogen-bond donors (Lipinski definition) is 1. The molecule has 3 aromatic rings. The van der Waals surface area contributed by atoms with E-state index in [2.05, 4.69) is 4.98 Å². The molecule has 1 aromatic heterocycles. The van der Waals surface area contributed by atoms with Crippen LogP contribution < -0.4 is 9.47 Å². The van der Waals surface area contributed by atoms with Crippen LogP contribution in [0, 0.1) is 6.92 Å². The molecule has 0 saturated carbocycles. The summed E-state index contributed by atoms with van der Waals surface area (Å²) in [6, 6.07) is 15.2. The lowest BCUT2D eigenvalue weighted by Crippen LogP contribution is -2.29. The Balaban J connectivity index is 1.90. The number of pyridine rings is 1. The van der Waals surface area contributed by atoms with Crippen molar-refractivity contribution in [3.05, 3.63) is 94.8 Å². The van der Waals surface area contributed by atoms with Gasteiger partial charge in [0.2, 0.25) is 0 Å². The lowest BCUT2D eigenvalue weighted by Gasteiger charge is -2.25. The van der Waals surface area contributed by atoms with Crippen molar-refractivity contribution >= 4 is 17.4 Å². The highest BCUT2D eigenvalue weighted by Gasteiger charge is 2.46. The van der Waals surface area contributed by atoms with Crippen LogP contribution in [0.5, 0.6) is 11.5 Å². The van der Waals surface area contributed by atoms with Gasteiger partial charge in [0.1, 0.15) is 17.3 Å². The van der Waals surface area contributed by atoms with Crippen LogP contribution in [0.4, 0.5) is 0 Å². The lowest BCUT2D eigenvalue weighted by molar-refractivity contribution is -0.140. The first-order valence-corrected chi connectivity index (χ1v) is 10.4. The molecule has 2 heterocycles. The van der Waals surface area contributed by atoms with Crippen LogP contribution in [-0.2, 0) is 16.1 Å². The summed E-state index contributed by atoms with van der Waals surface area (Å²) in [5.74, 6) is -0.662. The first kappa shape index (κ1) is 22.1. The summed E-state index contributed by atoms with van der Waals surface area (Å²) in [6.07, 6.45) is 3.29. The number of ether oxygens (including phenoxy) is 2. The number of aliphatic hydroxyl groups excluding tert-OH is 1. The molecule has 1 aliphatic heterocycles. The van der Waals surface area contributed by atoms with Crippen LogP contribution in [-0.4, -0.2) is 40.9 Å². The van der Waals surface area contributed by atoms with Crippen LogP contribution >= 0.6 is 0 Å². The van der Waals surface area contributed by atoms with Crippen molar-refractivity contribution in [1.82, 2.24) is 9.88 Å². The van der Waals surface area contributed by atoms with E-state index in [4.69, 9.17) is 9.47 Å². The molecule has 1 atom stereocenters. The molecule has 0 radical (unpaired) electrons. The molecule has 7 heteroatoms. The number of carbonyl (C=O) groups is 2. The van der Waals surface area contributed by atoms with Crippen molar-refractivity contribution in [2.45, 2.75) is 19.5 Å². The highest BCUT2D eigenvalue weighted by atomic mass is 16.5. The monoisotopic (exact) mass is 444 g/mol. The number of hydrogen-bond acceptors (Lipinski definition) is 6. The van der Waals surface area contributed by atoms with Gasteiger partial charge < -0.3 is 19.5 Å². The van der Waals surface area contributed by atoms with E-state index in [1.165, 1.54) is 12.0 Å².